The molecule has 0 saturated carbocycles. The van der Waals surface area contributed by atoms with E-state index in [-0.39, 0.29) is 35.5 Å². The Labute approximate surface area is 175 Å². The van der Waals surface area contributed by atoms with Gasteiger partial charge in [0.2, 0.25) is 5.95 Å². The largest absolute Gasteiger partial charge is 0.465 e. The molecule has 0 amide bonds. The molecule has 2 aromatic rings. The summed E-state index contributed by atoms with van der Waals surface area (Å²) in [6.07, 6.45) is -1.18. The van der Waals surface area contributed by atoms with Crippen molar-refractivity contribution < 1.29 is 33.3 Å². The van der Waals surface area contributed by atoms with E-state index >= 15 is 0 Å². The lowest BCUT2D eigenvalue weighted by Gasteiger charge is -2.23. The highest BCUT2D eigenvalue weighted by Gasteiger charge is 2.49. The Morgan fingerprint density at radius 1 is 1.13 bits per heavy atom. The zero-order chi connectivity index (χ0) is 22.0. The lowest BCUT2D eigenvalue weighted by molar-refractivity contribution is -0.155. The number of halogens is 1. The van der Waals surface area contributed by atoms with Gasteiger partial charge in [0.05, 0.1) is 12.2 Å². The van der Waals surface area contributed by atoms with Gasteiger partial charge in [-0.25, -0.2) is 4.98 Å². The highest BCUT2D eigenvalue weighted by atomic mass is 35.5. The van der Waals surface area contributed by atoms with E-state index in [9.17, 15) is 14.4 Å². The van der Waals surface area contributed by atoms with Crippen LogP contribution < -0.4 is 5.73 Å². The van der Waals surface area contributed by atoms with Gasteiger partial charge in [-0.05, 0) is 0 Å². The minimum Gasteiger partial charge on any atom is -0.465 e. The van der Waals surface area contributed by atoms with Gasteiger partial charge in [-0.1, -0.05) is 11.6 Å². The molecule has 4 atom stereocenters. The standard InChI is InChI=1S/C17H20ClN5O7/c1-7(24)27-4-10-11(5-28-8(2)25)30-16(13(10)29-9(3)26)23-6-20-12-14(18)21-17(19)22-15(12)23/h6,10-11,13,16H,4-5H2,1-3H3,(H2,19,21,22). The highest BCUT2D eigenvalue weighted by molar-refractivity contribution is 6.33. The van der Waals surface area contributed by atoms with Crippen molar-refractivity contribution in [1.82, 2.24) is 19.5 Å². The van der Waals surface area contributed by atoms with E-state index in [2.05, 4.69) is 15.0 Å². The van der Waals surface area contributed by atoms with Crippen LogP contribution >= 0.6 is 11.6 Å². The van der Waals surface area contributed by atoms with Crippen LogP contribution in [0.15, 0.2) is 6.33 Å². The van der Waals surface area contributed by atoms with Crippen molar-refractivity contribution in [1.29, 1.82) is 0 Å². The van der Waals surface area contributed by atoms with Crippen molar-refractivity contribution in [3.63, 3.8) is 0 Å². The van der Waals surface area contributed by atoms with Crippen LogP contribution in [0.3, 0.4) is 0 Å². The van der Waals surface area contributed by atoms with Crippen molar-refractivity contribution in [2.75, 3.05) is 18.9 Å². The molecule has 0 bridgehead atoms. The minimum absolute atomic E-state index is 0.0474. The Morgan fingerprint density at radius 2 is 1.80 bits per heavy atom. The van der Waals surface area contributed by atoms with Crippen LogP contribution in [0.5, 0.6) is 0 Å². The minimum atomic E-state index is -0.926. The number of hydrogen-bond acceptors (Lipinski definition) is 11. The first-order chi connectivity index (χ1) is 14.2. The number of carbonyl (C=O) groups excluding carboxylic acids is 3. The van der Waals surface area contributed by atoms with Gasteiger partial charge in [0.25, 0.3) is 0 Å². The Balaban J connectivity index is 2.01. The average molecular weight is 442 g/mol. The summed E-state index contributed by atoms with van der Waals surface area (Å²) < 4.78 is 23.2. The van der Waals surface area contributed by atoms with E-state index < -0.39 is 42.3 Å². The molecule has 1 fully saturated rings. The first kappa shape index (κ1) is 21.7. The second kappa shape index (κ2) is 8.79. The molecule has 0 spiro atoms. The molecule has 13 heteroatoms. The van der Waals surface area contributed by atoms with Crippen molar-refractivity contribution in [3.05, 3.63) is 11.5 Å². The number of ether oxygens (including phenoxy) is 4. The molecular weight excluding hydrogens is 422 g/mol. The van der Waals surface area contributed by atoms with Crippen LogP contribution in [0, 0.1) is 5.92 Å². The summed E-state index contributed by atoms with van der Waals surface area (Å²) in [4.78, 5) is 46.6. The fourth-order valence-corrected chi connectivity index (χ4v) is 3.42. The normalized spacial score (nSPS) is 23.3. The number of anilines is 1. The molecule has 162 valence electrons. The number of rotatable bonds is 6. The number of hydrogen-bond donors (Lipinski definition) is 1. The maximum absolute atomic E-state index is 11.8. The predicted molar refractivity (Wildman–Crippen MR) is 101 cm³/mol. The van der Waals surface area contributed by atoms with Crippen LogP contribution in [-0.4, -0.2) is 62.8 Å². The third-order valence-electron chi connectivity index (χ3n) is 4.40. The molecular formula is C17H20ClN5O7. The molecule has 4 unspecified atom stereocenters. The molecule has 0 radical (unpaired) electrons. The number of aromatic nitrogens is 4. The zero-order valence-corrected chi connectivity index (χ0v) is 17.2. The van der Waals surface area contributed by atoms with Crippen molar-refractivity contribution >= 4 is 46.6 Å². The van der Waals surface area contributed by atoms with E-state index in [4.69, 9.17) is 36.3 Å². The van der Waals surface area contributed by atoms with Gasteiger partial charge < -0.3 is 24.7 Å². The Morgan fingerprint density at radius 3 is 2.43 bits per heavy atom. The second-order valence-corrected chi connectivity index (χ2v) is 6.96. The van der Waals surface area contributed by atoms with E-state index in [1.54, 1.807) is 0 Å². The first-order valence-corrected chi connectivity index (χ1v) is 9.30. The molecule has 1 aliphatic rings. The molecule has 2 aromatic heterocycles. The highest BCUT2D eigenvalue weighted by Crippen LogP contribution is 2.38. The van der Waals surface area contributed by atoms with Crippen LogP contribution in [0.4, 0.5) is 5.95 Å². The number of nitrogens with zero attached hydrogens (tertiary/aromatic N) is 4. The number of fused-ring (bicyclic) bond motifs is 1. The summed E-state index contributed by atoms with van der Waals surface area (Å²) in [5.41, 5.74) is 6.23. The van der Waals surface area contributed by atoms with E-state index in [1.165, 1.54) is 31.7 Å². The molecule has 3 rings (SSSR count). The second-order valence-electron chi connectivity index (χ2n) is 6.60. The summed E-state index contributed by atoms with van der Waals surface area (Å²) in [6.45, 7) is 3.48. The number of imidazole rings is 1. The molecule has 12 nitrogen and oxygen atoms in total. The quantitative estimate of drug-likeness (QED) is 0.380. The zero-order valence-electron chi connectivity index (χ0n) is 16.4. The van der Waals surface area contributed by atoms with Gasteiger partial charge >= 0.3 is 17.9 Å². The van der Waals surface area contributed by atoms with Crippen LogP contribution in [-0.2, 0) is 33.3 Å². The number of nitrogens with two attached hydrogens (primary N) is 1. The average Bonchev–Trinajstić information content (AvgIpc) is 3.19. The number of carbonyl (C=O) groups is 3. The Kier molecular flexibility index (Phi) is 6.37. The Hall–Kier alpha value is -2.99. The molecule has 0 aliphatic carbocycles. The number of esters is 3. The topological polar surface area (TPSA) is 158 Å². The molecule has 1 saturated heterocycles. The predicted octanol–water partition coefficient (Wildman–Crippen LogP) is 0.633. The van der Waals surface area contributed by atoms with E-state index in [0.29, 0.717) is 0 Å². The van der Waals surface area contributed by atoms with Gasteiger partial charge in [0.15, 0.2) is 23.1 Å². The van der Waals surface area contributed by atoms with Gasteiger partial charge in [0, 0.05) is 20.8 Å². The van der Waals surface area contributed by atoms with Crippen LogP contribution in [0.2, 0.25) is 5.15 Å². The third kappa shape index (κ3) is 4.60. The van der Waals surface area contributed by atoms with E-state index in [0.717, 1.165) is 0 Å². The fourth-order valence-electron chi connectivity index (χ4n) is 3.20. The SMILES string of the molecule is CC(=O)OCC1OC(n2cnc3c(Cl)nc(N)nc32)C(OC(C)=O)C1COC(C)=O. The van der Waals surface area contributed by atoms with Gasteiger partial charge in [-0.3, -0.25) is 19.0 Å². The van der Waals surface area contributed by atoms with Crippen molar-refractivity contribution in [2.45, 2.75) is 39.2 Å². The maximum atomic E-state index is 11.8. The smallest absolute Gasteiger partial charge is 0.303 e. The summed E-state index contributed by atoms with van der Waals surface area (Å²) >= 11 is 6.08. The third-order valence-corrected chi connectivity index (χ3v) is 4.66. The van der Waals surface area contributed by atoms with Crippen LogP contribution in [0.1, 0.15) is 27.0 Å². The molecule has 0 aromatic carbocycles. The van der Waals surface area contributed by atoms with Crippen molar-refractivity contribution in [2.24, 2.45) is 5.92 Å². The lowest BCUT2D eigenvalue weighted by atomic mass is 9.99. The van der Waals surface area contributed by atoms with Crippen LogP contribution in [0.25, 0.3) is 11.2 Å². The first-order valence-electron chi connectivity index (χ1n) is 8.92. The summed E-state index contributed by atoms with van der Waals surface area (Å²) in [6, 6.07) is 0. The van der Waals surface area contributed by atoms with Crippen molar-refractivity contribution in [3.8, 4) is 0 Å². The van der Waals surface area contributed by atoms with Gasteiger partial charge in [-0.15, -0.1) is 0 Å². The van der Waals surface area contributed by atoms with Gasteiger partial charge in [0.1, 0.15) is 24.8 Å². The fraction of sp³-hybridized carbons (Fsp3) is 0.529. The lowest BCUT2D eigenvalue weighted by Crippen LogP contribution is -2.36. The van der Waals surface area contributed by atoms with Gasteiger partial charge in [-0.2, -0.15) is 9.97 Å². The van der Waals surface area contributed by atoms with E-state index in [1.807, 2.05) is 0 Å². The molecule has 1 aliphatic heterocycles. The Bertz CT molecular complexity index is 981. The maximum Gasteiger partial charge on any atom is 0.303 e. The summed E-state index contributed by atoms with van der Waals surface area (Å²) in [5, 5.41) is 0.0474. The molecule has 30 heavy (non-hydrogen) atoms. The summed E-state index contributed by atoms with van der Waals surface area (Å²) in [5.74, 6) is -2.33. The number of nitrogen functional groups attached to an aromatic ring is 1. The molecule has 2 N–H and O–H groups in total. The molecule has 3 heterocycles. The summed E-state index contributed by atoms with van der Waals surface area (Å²) in [7, 11) is 0. The monoisotopic (exact) mass is 441 g/mol.